The molecule has 1 amide bonds. The third-order valence-electron chi connectivity index (χ3n) is 5.00. The topological polar surface area (TPSA) is 113 Å². The van der Waals surface area contributed by atoms with Gasteiger partial charge in [0.25, 0.3) is 5.69 Å². The molecule has 2 aromatic carbocycles. The molecule has 3 rings (SSSR count). The van der Waals surface area contributed by atoms with Gasteiger partial charge in [0.1, 0.15) is 0 Å². The van der Waals surface area contributed by atoms with Gasteiger partial charge >= 0.3 is 0 Å². The molecule has 1 aliphatic rings. The fraction of sp³-hybridized carbons (Fsp3) is 0.316. The second-order valence-electron chi connectivity index (χ2n) is 6.84. The molecule has 160 valence electrons. The van der Waals surface area contributed by atoms with Gasteiger partial charge in [0.05, 0.1) is 26.6 Å². The molecule has 1 unspecified atom stereocenters. The number of sulfonamides is 1. The number of piperazine rings is 1. The molecular formula is C19H21ClN4O5S. The largest absolute Gasteiger partial charge is 0.323 e. The minimum absolute atomic E-state index is 0.116. The first kappa shape index (κ1) is 22.2. The summed E-state index contributed by atoms with van der Waals surface area (Å²) in [7, 11) is -3.86. The Morgan fingerprint density at radius 1 is 1.13 bits per heavy atom. The molecule has 1 aliphatic heterocycles. The quantitative estimate of drug-likeness (QED) is 0.532. The van der Waals surface area contributed by atoms with E-state index in [0.29, 0.717) is 23.8 Å². The van der Waals surface area contributed by atoms with Crippen LogP contribution in [0.15, 0.2) is 53.4 Å². The number of benzene rings is 2. The van der Waals surface area contributed by atoms with Crippen LogP contribution in [-0.2, 0) is 14.8 Å². The van der Waals surface area contributed by atoms with Crippen LogP contribution in [-0.4, -0.2) is 60.7 Å². The van der Waals surface area contributed by atoms with E-state index in [1.165, 1.54) is 22.5 Å². The molecule has 0 saturated carbocycles. The molecule has 1 saturated heterocycles. The Bertz CT molecular complexity index is 1050. The Balaban J connectivity index is 1.63. The summed E-state index contributed by atoms with van der Waals surface area (Å²) in [5, 5.41) is 14.2. The summed E-state index contributed by atoms with van der Waals surface area (Å²) >= 11 is 6.07. The zero-order valence-electron chi connectivity index (χ0n) is 16.2. The van der Waals surface area contributed by atoms with Crippen molar-refractivity contribution >= 4 is 38.9 Å². The van der Waals surface area contributed by atoms with E-state index in [1.54, 1.807) is 31.2 Å². The Kier molecular flexibility index (Phi) is 6.71. The van der Waals surface area contributed by atoms with E-state index in [1.807, 2.05) is 4.90 Å². The molecule has 30 heavy (non-hydrogen) atoms. The van der Waals surface area contributed by atoms with E-state index in [-0.39, 0.29) is 29.6 Å². The zero-order valence-corrected chi connectivity index (χ0v) is 17.8. The molecular weight excluding hydrogens is 432 g/mol. The minimum atomic E-state index is -3.86. The van der Waals surface area contributed by atoms with Gasteiger partial charge in [-0.3, -0.25) is 19.8 Å². The Hall–Kier alpha value is -2.53. The lowest BCUT2D eigenvalue weighted by Gasteiger charge is -2.36. The fourth-order valence-corrected chi connectivity index (χ4v) is 4.85. The predicted octanol–water partition coefficient (Wildman–Crippen LogP) is 2.58. The second kappa shape index (κ2) is 9.09. The van der Waals surface area contributed by atoms with E-state index >= 15 is 0 Å². The highest BCUT2D eigenvalue weighted by molar-refractivity contribution is 7.89. The summed E-state index contributed by atoms with van der Waals surface area (Å²) in [4.78, 5) is 24.6. The van der Waals surface area contributed by atoms with E-state index < -0.39 is 21.0 Å². The van der Waals surface area contributed by atoms with Crippen LogP contribution in [0, 0.1) is 10.1 Å². The van der Waals surface area contributed by atoms with Crippen LogP contribution in [0.25, 0.3) is 0 Å². The van der Waals surface area contributed by atoms with Crippen LogP contribution in [0.2, 0.25) is 5.02 Å². The maximum Gasteiger partial charge on any atom is 0.270 e. The number of nitrogens with zero attached hydrogens (tertiary/aromatic N) is 3. The van der Waals surface area contributed by atoms with Gasteiger partial charge in [-0.1, -0.05) is 29.8 Å². The van der Waals surface area contributed by atoms with Crippen molar-refractivity contribution in [1.82, 2.24) is 9.21 Å². The number of amides is 1. The van der Waals surface area contributed by atoms with Crippen molar-refractivity contribution in [3.05, 3.63) is 63.7 Å². The van der Waals surface area contributed by atoms with Crippen LogP contribution in [0.5, 0.6) is 0 Å². The van der Waals surface area contributed by atoms with Gasteiger partial charge in [-0.15, -0.1) is 0 Å². The van der Waals surface area contributed by atoms with Gasteiger partial charge in [-0.2, -0.15) is 4.31 Å². The molecule has 1 N–H and O–H groups in total. The number of nitro groups is 1. The van der Waals surface area contributed by atoms with Crippen molar-refractivity contribution in [2.45, 2.75) is 17.9 Å². The number of hydrogen-bond donors (Lipinski definition) is 1. The van der Waals surface area contributed by atoms with Gasteiger partial charge in [0, 0.05) is 38.3 Å². The highest BCUT2D eigenvalue weighted by atomic mass is 35.5. The Morgan fingerprint density at radius 3 is 2.43 bits per heavy atom. The van der Waals surface area contributed by atoms with Crippen molar-refractivity contribution < 1.29 is 18.1 Å². The number of nitrogens with one attached hydrogen (secondary N) is 1. The molecule has 0 bridgehead atoms. The van der Waals surface area contributed by atoms with Gasteiger partial charge in [-0.25, -0.2) is 8.42 Å². The summed E-state index contributed by atoms with van der Waals surface area (Å²) in [5.41, 5.74) is 0.238. The Labute approximate surface area is 179 Å². The maximum atomic E-state index is 12.8. The normalized spacial score (nSPS) is 16.7. The molecule has 1 atom stereocenters. The number of non-ortho nitro benzene ring substituents is 1. The molecule has 1 fully saturated rings. The van der Waals surface area contributed by atoms with Crippen molar-refractivity contribution in [3.63, 3.8) is 0 Å². The molecule has 0 spiro atoms. The molecule has 0 aromatic heterocycles. The van der Waals surface area contributed by atoms with E-state index in [9.17, 15) is 23.3 Å². The van der Waals surface area contributed by atoms with Crippen LogP contribution >= 0.6 is 11.6 Å². The number of hydrogen-bond acceptors (Lipinski definition) is 6. The second-order valence-corrected chi connectivity index (χ2v) is 9.18. The van der Waals surface area contributed by atoms with Crippen molar-refractivity contribution in [2.24, 2.45) is 0 Å². The van der Waals surface area contributed by atoms with Crippen LogP contribution in [0.3, 0.4) is 0 Å². The summed E-state index contributed by atoms with van der Waals surface area (Å²) in [5.74, 6) is -0.238. The lowest BCUT2D eigenvalue weighted by Crippen LogP contribution is -2.53. The molecule has 2 aromatic rings. The van der Waals surface area contributed by atoms with E-state index in [2.05, 4.69) is 5.32 Å². The molecule has 1 heterocycles. The lowest BCUT2D eigenvalue weighted by molar-refractivity contribution is -0.385. The summed E-state index contributed by atoms with van der Waals surface area (Å²) < 4.78 is 27.0. The third-order valence-corrected chi connectivity index (χ3v) is 7.22. The van der Waals surface area contributed by atoms with Crippen LogP contribution < -0.4 is 5.32 Å². The highest BCUT2D eigenvalue weighted by Crippen LogP contribution is 2.23. The molecule has 0 aliphatic carbocycles. The first-order valence-corrected chi connectivity index (χ1v) is 11.1. The average Bonchev–Trinajstić information content (AvgIpc) is 2.75. The third kappa shape index (κ3) is 4.78. The minimum Gasteiger partial charge on any atom is -0.323 e. The van der Waals surface area contributed by atoms with Gasteiger partial charge in [0.2, 0.25) is 15.9 Å². The van der Waals surface area contributed by atoms with Gasteiger partial charge < -0.3 is 5.32 Å². The molecule has 0 radical (unpaired) electrons. The molecule has 11 heteroatoms. The van der Waals surface area contributed by atoms with Gasteiger partial charge in [0.15, 0.2) is 0 Å². The average molecular weight is 453 g/mol. The number of anilines is 1. The summed E-state index contributed by atoms with van der Waals surface area (Å²) in [6.45, 7) is 2.80. The van der Waals surface area contributed by atoms with E-state index in [0.717, 1.165) is 6.07 Å². The SMILES string of the molecule is CC(C(=O)Nc1ccccc1Cl)N1CCN(S(=O)(=O)c2cccc([N+](=O)[O-])c2)CC1. The fourth-order valence-electron chi connectivity index (χ4n) is 3.20. The van der Waals surface area contributed by atoms with E-state index in [4.69, 9.17) is 11.6 Å². The van der Waals surface area contributed by atoms with Crippen molar-refractivity contribution in [2.75, 3.05) is 31.5 Å². The number of rotatable bonds is 6. The Morgan fingerprint density at radius 2 is 1.80 bits per heavy atom. The standard InChI is InChI=1S/C19H21ClN4O5S/c1-14(19(25)21-18-8-3-2-7-17(18)20)22-9-11-23(12-10-22)30(28,29)16-6-4-5-15(13-16)24(26)27/h2-8,13-14H,9-12H2,1H3,(H,21,25). The summed E-state index contributed by atoms with van der Waals surface area (Å²) in [6, 6.07) is 11.4. The monoisotopic (exact) mass is 452 g/mol. The first-order valence-electron chi connectivity index (χ1n) is 9.24. The number of para-hydroxylation sites is 1. The zero-order chi connectivity index (χ0) is 21.9. The number of carbonyl (C=O) groups excluding carboxylic acids is 1. The molecule has 9 nitrogen and oxygen atoms in total. The summed E-state index contributed by atoms with van der Waals surface area (Å²) in [6.07, 6.45) is 0. The number of carbonyl (C=O) groups is 1. The predicted molar refractivity (Wildman–Crippen MR) is 113 cm³/mol. The number of nitro benzene ring substituents is 1. The highest BCUT2D eigenvalue weighted by Gasteiger charge is 2.32. The van der Waals surface area contributed by atoms with Gasteiger partial charge in [-0.05, 0) is 25.1 Å². The van der Waals surface area contributed by atoms with Crippen LogP contribution in [0.4, 0.5) is 11.4 Å². The number of halogens is 1. The first-order chi connectivity index (χ1) is 14.2. The van der Waals surface area contributed by atoms with Crippen molar-refractivity contribution in [1.29, 1.82) is 0 Å². The maximum absolute atomic E-state index is 12.8. The van der Waals surface area contributed by atoms with Crippen molar-refractivity contribution in [3.8, 4) is 0 Å². The lowest BCUT2D eigenvalue weighted by atomic mass is 10.2. The smallest absolute Gasteiger partial charge is 0.270 e. The van der Waals surface area contributed by atoms with Crippen LogP contribution in [0.1, 0.15) is 6.92 Å².